The van der Waals surface area contributed by atoms with Gasteiger partial charge in [0.25, 0.3) is 0 Å². The van der Waals surface area contributed by atoms with Crippen molar-refractivity contribution in [1.82, 2.24) is 15.2 Å². The van der Waals surface area contributed by atoms with Crippen LogP contribution in [0.15, 0.2) is 131 Å². The van der Waals surface area contributed by atoms with E-state index in [1.807, 2.05) is 77.8 Å². The molecule has 0 spiro atoms. The van der Waals surface area contributed by atoms with Crippen LogP contribution in [-0.4, -0.2) is 22.2 Å². The zero-order chi connectivity index (χ0) is 25.0. The molecule has 5 nitrogen and oxygen atoms in total. The van der Waals surface area contributed by atoms with Gasteiger partial charge in [-0.2, -0.15) is 10.2 Å². The molecule has 6 rings (SSSR count). The number of hydrogen-bond acceptors (Lipinski definition) is 4. The molecule has 1 unspecified atom stereocenters. The van der Waals surface area contributed by atoms with Crippen LogP contribution in [0.3, 0.4) is 0 Å². The molecule has 0 fully saturated rings. The van der Waals surface area contributed by atoms with E-state index in [0.717, 1.165) is 49.4 Å². The summed E-state index contributed by atoms with van der Waals surface area (Å²) >= 11 is 3.62. The summed E-state index contributed by atoms with van der Waals surface area (Å²) in [4.78, 5) is 0. The first-order valence-electron chi connectivity index (χ1n) is 12.1. The van der Waals surface area contributed by atoms with Gasteiger partial charge in [-0.25, -0.2) is 4.68 Å². The van der Waals surface area contributed by atoms with Crippen molar-refractivity contribution in [3.63, 3.8) is 0 Å². The number of halogens is 1. The molecule has 0 saturated carbocycles. The lowest BCUT2D eigenvalue weighted by Gasteiger charge is -2.26. The van der Waals surface area contributed by atoms with Crippen molar-refractivity contribution < 1.29 is 0 Å². The van der Waals surface area contributed by atoms with Crippen LogP contribution in [0.4, 0.5) is 5.69 Å². The highest BCUT2D eigenvalue weighted by Crippen LogP contribution is 2.35. The van der Waals surface area contributed by atoms with Gasteiger partial charge in [0, 0.05) is 33.0 Å². The fourth-order valence-electron chi connectivity index (χ4n) is 4.47. The average molecular weight is 546 g/mol. The first-order chi connectivity index (χ1) is 18.2. The van der Waals surface area contributed by atoms with Gasteiger partial charge in [-0.1, -0.05) is 94.8 Å². The number of nitrogens with one attached hydrogen (secondary N) is 2. The summed E-state index contributed by atoms with van der Waals surface area (Å²) in [5.41, 5.74) is 11.7. The highest BCUT2D eigenvalue weighted by Gasteiger charge is 2.20. The lowest BCUT2D eigenvalue weighted by atomic mass is 9.93. The van der Waals surface area contributed by atoms with Crippen molar-refractivity contribution >= 4 is 33.4 Å². The Bertz CT molecular complexity index is 1570. The van der Waals surface area contributed by atoms with Crippen LogP contribution in [0.25, 0.3) is 22.5 Å². The zero-order valence-electron chi connectivity index (χ0n) is 19.9. The number of para-hydroxylation sites is 1. The highest BCUT2D eigenvalue weighted by molar-refractivity contribution is 9.10. The van der Waals surface area contributed by atoms with Gasteiger partial charge in [0.2, 0.25) is 0 Å². The van der Waals surface area contributed by atoms with Crippen molar-refractivity contribution in [3.8, 4) is 16.9 Å². The summed E-state index contributed by atoms with van der Waals surface area (Å²) < 4.78 is 2.94. The minimum Gasteiger partial charge on any atom is -0.360 e. The normalized spacial score (nSPS) is 14.6. The second kappa shape index (κ2) is 10.3. The first-order valence-corrected chi connectivity index (χ1v) is 12.9. The van der Waals surface area contributed by atoms with Crippen LogP contribution in [0.2, 0.25) is 0 Å². The van der Waals surface area contributed by atoms with Gasteiger partial charge >= 0.3 is 0 Å². The van der Waals surface area contributed by atoms with Crippen LogP contribution in [0, 0.1) is 0 Å². The Morgan fingerprint density at radius 1 is 0.838 bits per heavy atom. The van der Waals surface area contributed by atoms with Gasteiger partial charge in [-0.15, -0.1) is 0 Å². The summed E-state index contributed by atoms with van der Waals surface area (Å²) in [6, 6.07) is 37.0. The minimum absolute atomic E-state index is 0.176. The predicted molar refractivity (Wildman–Crippen MR) is 155 cm³/mol. The Morgan fingerprint density at radius 2 is 1.51 bits per heavy atom. The Balaban J connectivity index is 1.31. The largest absolute Gasteiger partial charge is 0.360 e. The third-order valence-electron chi connectivity index (χ3n) is 6.23. The van der Waals surface area contributed by atoms with E-state index >= 15 is 0 Å². The molecule has 2 N–H and O–H groups in total. The van der Waals surface area contributed by atoms with E-state index in [4.69, 9.17) is 5.10 Å². The number of hydrogen-bond donors (Lipinski definition) is 2. The average Bonchev–Trinajstić information content (AvgIpc) is 3.38. The van der Waals surface area contributed by atoms with Gasteiger partial charge < -0.3 is 5.32 Å². The topological polar surface area (TPSA) is 54.2 Å². The number of nitrogens with zero attached hydrogens (tertiary/aromatic N) is 3. The molecule has 0 amide bonds. The smallest absolute Gasteiger partial charge is 0.133 e. The Hall–Kier alpha value is -4.42. The van der Waals surface area contributed by atoms with Crippen LogP contribution in [0.5, 0.6) is 0 Å². The number of aromatic nitrogens is 2. The van der Waals surface area contributed by atoms with Crippen LogP contribution < -0.4 is 10.7 Å². The van der Waals surface area contributed by atoms with E-state index in [9.17, 15) is 0 Å². The van der Waals surface area contributed by atoms with Gasteiger partial charge in [0.15, 0.2) is 0 Å². The molecule has 0 bridgehead atoms. The van der Waals surface area contributed by atoms with Crippen molar-refractivity contribution in [2.24, 2.45) is 5.10 Å². The van der Waals surface area contributed by atoms with E-state index in [1.165, 1.54) is 0 Å². The molecule has 0 saturated heterocycles. The number of anilines is 1. The zero-order valence-corrected chi connectivity index (χ0v) is 21.5. The molecule has 1 aromatic heterocycles. The first kappa shape index (κ1) is 23.0. The molecular formula is C31H24BrN5. The maximum absolute atomic E-state index is 4.87. The lowest BCUT2D eigenvalue weighted by molar-refractivity contribution is 0.684. The molecule has 0 aliphatic carbocycles. The lowest BCUT2D eigenvalue weighted by Crippen LogP contribution is -2.33. The molecule has 4 aromatic carbocycles. The molecule has 6 heteroatoms. The van der Waals surface area contributed by atoms with Gasteiger partial charge in [0.1, 0.15) is 11.9 Å². The molecule has 37 heavy (non-hydrogen) atoms. The van der Waals surface area contributed by atoms with Gasteiger partial charge in [0.05, 0.1) is 11.9 Å². The predicted octanol–water partition coefficient (Wildman–Crippen LogP) is 7.11. The summed E-state index contributed by atoms with van der Waals surface area (Å²) in [6.07, 6.45) is 5.84. The van der Waals surface area contributed by atoms with Crippen molar-refractivity contribution in [2.75, 3.05) is 5.32 Å². The van der Waals surface area contributed by atoms with Gasteiger partial charge in [-0.3, -0.25) is 5.43 Å². The Morgan fingerprint density at radius 3 is 2.24 bits per heavy atom. The fraction of sp³-hybridized carbons (Fsp3) is 0.0323. The summed E-state index contributed by atoms with van der Waals surface area (Å²) in [5, 5.41) is 13.0. The quantitative estimate of drug-likeness (QED) is 0.176. The Kier molecular flexibility index (Phi) is 6.40. The van der Waals surface area contributed by atoms with E-state index in [-0.39, 0.29) is 6.17 Å². The summed E-state index contributed by atoms with van der Waals surface area (Å²) in [7, 11) is 0. The highest BCUT2D eigenvalue weighted by atomic mass is 79.9. The van der Waals surface area contributed by atoms with Crippen molar-refractivity contribution in [3.05, 3.63) is 143 Å². The summed E-state index contributed by atoms with van der Waals surface area (Å²) in [6.45, 7) is 0. The Labute approximate surface area is 224 Å². The molecular weight excluding hydrogens is 522 g/mol. The molecule has 5 aromatic rings. The monoisotopic (exact) mass is 545 g/mol. The maximum atomic E-state index is 4.87. The van der Waals surface area contributed by atoms with E-state index in [1.54, 1.807) is 0 Å². The third kappa shape index (κ3) is 4.97. The fourth-order valence-corrected chi connectivity index (χ4v) is 4.83. The second-order valence-corrected chi connectivity index (χ2v) is 9.64. The SMILES string of the molecule is Brc1ccc2c(c1)C(c1ccccc1)=CC(NN=Cc1cn(-c3ccccc3)nc1-c1ccccc1)N2. The van der Waals surface area contributed by atoms with E-state index in [0.29, 0.717) is 0 Å². The molecule has 180 valence electrons. The second-order valence-electron chi connectivity index (χ2n) is 8.72. The molecule has 1 aliphatic rings. The molecule has 2 heterocycles. The van der Waals surface area contributed by atoms with Crippen LogP contribution in [0.1, 0.15) is 16.7 Å². The minimum atomic E-state index is -0.176. The number of benzene rings is 4. The van der Waals surface area contributed by atoms with E-state index in [2.05, 4.69) is 86.4 Å². The van der Waals surface area contributed by atoms with Crippen LogP contribution >= 0.6 is 15.9 Å². The van der Waals surface area contributed by atoms with Gasteiger partial charge in [-0.05, 0) is 47.5 Å². The standard InChI is InChI=1S/C31H24BrN5/c32-25-16-17-29-28(18-25)27(22-10-4-1-5-11-22)19-30(34-29)35-33-20-24-21-37(26-14-8-3-9-15-26)36-31(24)23-12-6-2-7-13-23/h1-21,30,34-35H. The third-order valence-corrected chi connectivity index (χ3v) is 6.72. The molecule has 1 atom stereocenters. The number of hydrazone groups is 1. The molecule has 0 radical (unpaired) electrons. The van der Waals surface area contributed by atoms with E-state index < -0.39 is 0 Å². The summed E-state index contributed by atoms with van der Waals surface area (Å²) in [5.74, 6) is 0. The number of fused-ring (bicyclic) bond motifs is 1. The maximum Gasteiger partial charge on any atom is 0.133 e. The number of rotatable bonds is 6. The van der Waals surface area contributed by atoms with Crippen LogP contribution in [-0.2, 0) is 0 Å². The van der Waals surface area contributed by atoms with Crippen molar-refractivity contribution in [1.29, 1.82) is 0 Å². The molecule has 1 aliphatic heterocycles. The van der Waals surface area contributed by atoms with Crippen molar-refractivity contribution in [2.45, 2.75) is 6.17 Å².